The number of nitrogens with one attached hydrogen (secondary N) is 1. The van der Waals surface area contributed by atoms with Crippen molar-refractivity contribution in [3.8, 4) is 0 Å². The first-order valence-corrected chi connectivity index (χ1v) is 8.37. The Balaban J connectivity index is 1.82. The zero-order chi connectivity index (χ0) is 18.2. The predicted octanol–water partition coefficient (Wildman–Crippen LogP) is 2.51. The number of carbonyl (C=O) groups is 2. The molecule has 0 saturated heterocycles. The van der Waals surface area contributed by atoms with Gasteiger partial charge in [-0.2, -0.15) is 0 Å². The lowest BCUT2D eigenvalue weighted by Crippen LogP contribution is -2.34. The van der Waals surface area contributed by atoms with Gasteiger partial charge in [-0.25, -0.2) is 0 Å². The maximum atomic E-state index is 12.4. The number of nitrogens with zero attached hydrogens (tertiary/aromatic N) is 2. The molecule has 1 N–H and O–H groups in total. The fourth-order valence-electron chi connectivity index (χ4n) is 2.43. The van der Waals surface area contributed by atoms with E-state index in [9.17, 15) is 9.59 Å². The lowest BCUT2D eigenvalue weighted by molar-refractivity contribution is -0.131. The van der Waals surface area contributed by atoms with Crippen molar-refractivity contribution >= 4 is 17.5 Å². The normalized spacial score (nSPS) is 10.4. The molecular formula is C19H25N3O3. The van der Waals surface area contributed by atoms with E-state index in [0.717, 1.165) is 11.3 Å². The topological polar surface area (TPSA) is 65.8 Å². The van der Waals surface area contributed by atoms with E-state index in [4.69, 9.17) is 4.42 Å². The highest BCUT2D eigenvalue weighted by atomic mass is 16.3. The summed E-state index contributed by atoms with van der Waals surface area (Å²) in [6, 6.07) is 11.4. The largest absolute Gasteiger partial charge is 0.459 e. The summed E-state index contributed by atoms with van der Waals surface area (Å²) >= 11 is 0. The molecule has 25 heavy (non-hydrogen) atoms. The number of carbonyl (C=O) groups excluding carboxylic acids is 2. The highest BCUT2D eigenvalue weighted by molar-refractivity contribution is 5.91. The number of hydrogen-bond acceptors (Lipinski definition) is 4. The van der Waals surface area contributed by atoms with E-state index >= 15 is 0 Å². The summed E-state index contributed by atoms with van der Waals surface area (Å²) in [6.45, 7) is 3.43. The van der Waals surface area contributed by atoms with Crippen LogP contribution >= 0.6 is 0 Å². The molecule has 134 valence electrons. The second-order valence-corrected chi connectivity index (χ2v) is 5.95. The van der Waals surface area contributed by atoms with E-state index in [1.54, 1.807) is 17.0 Å². The molecule has 0 radical (unpaired) electrons. The van der Waals surface area contributed by atoms with E-state index in [-0.39, 0.29) is 30.5 Å². The monoisotopic (exact) mass is 343 g/mol. The van der Waals surface area contributed by atoms with Crippen molar-refractivity contribution in [2.24, 2.45) is 0 Å². The summed E-state index contributed by atoms with van der Waals surface area (Å²) in [4.78, 5) is 28.0. The molecule has 2 rings (SSSR count). The average Bonchev–Trinajstić information content (AvgIpc) is 3.14. The number of rotatable bonds is 8. The molecule has 2 aromatic rings. The number of amides is 2. The van der Waals surface area contributed by atoms with Crippen LogP contribution in [0.4, 0.5) is 5.69 Å². The molecular weight excluding hydrogens is 318 g/mol. The van der Waals surface area contributed by atoms with Crippen LogP contribution < -0.4 is 10.2 Å². The standard InChI is InChI=1S/C19H25N3O3/c1-4-22(14-15-7-9-16(10-8-15)21(2)3)18(23)11-12-20-19(24)17-6-5-13-25-17/h5-10,13H,4,11-12,14H2,1-3H3,(H,20,24). The fourth-order valence-corrected chi connectivity index (χ4v) is 2.43. The summed E-state index contributed by atoms with van der Waals surface area (Å²) in [7, 11) is 3.99. The van der Waals surface area contributed by atoms with Crippen LogP contribution in [0, 0.1) is 0 Å². The van der Waals surface area contributed by atoms with Gasteiger partial charge in [-0.3, -0.25) is 9.59 Å². The lowest BCUT2D eigenvalue weighted by atomic mass is 10.2. The highest BCUT2D eigenvalue weighted by Crippen LogP contribution is 2.14. The van der Waals surface area contributed by atoms with Crippen LogP contribution in [0.5, 0.6) is 0 Å². The summed E-state index contributed by atoms with van der Waals surface area (Å²) in [5.74, 6) is -0.0418. The van der Waals surface area contributed by atoms with Gasteiger partial charge in [-0.1, -0.05) is 12.1 Å². The van der Waals surface area contributed by atoms with E-state index in [2.05, 4.69) is 5.32 Å². The Kier molecular flexibility index (Phi) is 6.62. The quantitative estimate of drug-likeness (QED) is 0.800. The molecule has 0 bridgehead atoms. The molecule has 1 aromatic heterocycles. The van der Waals surface area contributed by atoms with Crippen LogP contribution in [-0.4, -0.2) is 43.9 Å². The van der Waals surface area contributed by atoms with Gasteiger partial charge in [0.05, 0.1) is 6.26 Å². The van der Waals surface area contributed by atoms with Gasteiger partial charge in [-0.15, -0.1) is 0 Å². The van der Waals surface area contributed by atoms with Crippen molar-refractivity contribution < 1.29 is 14.0 Å². The van der Waals surface area contributed by atoms with Crippen molar-refractivity contribution in [1.82, 2.24) is 10.2 Å². The first-order chi connectivity index (χ1) is 12.0. The smallest absolute Gasteiger partial charge is 0.286 e. The predicted molar refractivity (Wildman–Crippen MR) is 97.5 cm³/mol. The Morgan fingerprint density at radius 3 is 2.40 bits per heavy atom. The molecule has 1 aromatic carbocycles. The Bertz CT molecular complexity index is 678. The fraction of sp³-hybridized carbons (Fsp3) is 0.368. The third-order valence-electron chi connectivity index (χ3n) is 3.93. The molecule has 0 unspecified atom stereocenters. The number of furan rings is 1. The summed E-state index contributed by atoms with van der Waals surface area (Å²) in [6.07, 6.45) is 1.70. The summed E-state index contributed by atoms with van der Waals surface area (Å²) in [5.41, 5.74) is 2.21. The van der Waals surface area contributed by atoms with Crippen LogP contribution in [0.2, 0.25) is 0 Å². The van der Waals surface area contributed by atoms with Gasteiger partial charge in [0.25, 0.3) is 5.91 Å². The first kappa shape index (κ1) is 18.6. The Morgan fingerprint density at radius 2 is 1.84 bits per heavy atom. The van der Waals surface area contributed by atoms with E-state index < -0.39 is 0 Å². The molecule has 0 aliphatic heterocycles. The molecule has 2 amide bonds. The van der Waals surface area contributed by atoms with Crippen LogP contribution in [-0.2, 0) is 11.3 Å². The molecule has 0 atom stereocenters. The van der Waals surface area contributed by atoms with Crippen molar-refractivity contribution in [3.05, 3.63) is 54.0 Å². The Morgan fingerprint density at radius 1 is 1.12 bits per heavy atom. The third kappa shape index (κ3) is 5.38. The van der Waals surface area contributed by atoms with Crippen molar-refractivity contribution in [2.45, 2.75) is 19.9 Å². The number of benzene rings is 1. The SMILES string of the molecule is CCN(Cc1ccc(N(C)C)cc1)C(=O)CCNC(=O)c1ccco1. The van der Waals surface area contributed by atoms with Gasteiger partial charge in [0.15, 0.2) is 5.76 Å². The number of anilines is 1. The average molecular weight is 343 g/mol. The molecule has 6 heteroatoms. The van der Waals surface area contributed by atoms with Crippen LogP contribution in [0.25, 0.3) is 0 Å². The minimum atomic E-state index is -0.305. The third-order valence-corrected chi connectivity index (χ3v) is 3.93. The molecule has 0 saturated carbocycles. The molecule has 0 fully saturated rings. The van der Waals surface area contributed by atoms with Crippen molar-refractivity contribution in [1.29, 1.82) is 0 Å². The van der Waals surface area contributed by atoms with Crippen molar-refractivity contribution in [3.63, 3.8) is 0 Å². The maximum Gasteiger partial charge on any atom is 0.286 e. The molecule has 0 spiro atoms. The molecule has 1 heterocycles. The van der Waals surface area contributed by atoms with E-state index in [0.29, 0.717) is 13.1 Å². The first-order valence-electron chi connectivity index (χ1n) is 8.37. The lowest BCUT2D eigenvalue weighted by Gasteiger charge is -2.21. The van der Waals surface area contributed by atoms with Crippen LogP contribution in [0.1, 0.15) is 29.5 Å². The minimum Gasteiger partial charge on any atom is -0.459 e. The van der Waals surface area contributed by atoms with Gasteiger partial charge < -0.3 is 19.5 Å². The number of hydrogen-bond donors (Lipinski definition) is 1. The van der Waals surface area contributed by atoms with Crippen LogP contribution in [0.3, 0.4) is 0 Å². The van der Waals surface area contributed by atoms with E-state index in [1.807, 2.05) is 50.2 Å². The van der Waals surface area contributed by atoms with Gasteiger partial charge in [0, 0.05) is 45.8 Å². The summed E-state index contributed by atoms with van der Waals surface area (Å²) in [5, 5.41) is 2.69. The molecule has 0 aliphatic rings. The second kappa shape index (κ2) is 8.92. The Hall–Kier alpha value is -2.76. The van der Waals surface area contributed by atoms with Gasteiger partial charge in [0.1, 0.15) is 0 Å². The summed E-state index contributed by atoms with van der Waals surface area (Å²) < 4.78 is 5.02. The van der Waals surface area contributed by atoms with Crippen LogP contribution in [0.15, 0.2) is 47.1 Å². The second-order valence-electron chi connectivity index (χ2n) is 5.95. The zero-order valence-corrected chi connectivity index (χ0v) is 15.0. The van der Waals surface area contributed by atoms with Gasteiger partial charge in [-0.05, 0) is 36.8 Å². The van der Waals surface area contributed by atoms with Crippen molar-refractivity contribution in [2.75, 3.05) is 32.1 Å². The van der Waals surface area contributed by atoms with E-state index in [1.165, 1.54) is 6.26 Å². The molecule has 0 aliphatic carbocycles. The zero-order valence-electron chi connectivity index (χ0n) is 15.0. The highest BCUT2D eigenvalue weighted by Gasteiger charge is 2.14. The van der Waals surface area contributed by atoms with Gasteiger partial charge in [0.2, 0.25) is 5.91 Å². The molecule has 6 nitrogen and oxygen atoms in total. The maximum absolute atomic E-state index is 12.4. The minimum absolute atomic E-state index is 0.0129. The van der Waals surface area contributed by atoms with Gasteiger partial charge >= 0.3 is 0 Å². The Labute approximate surface area is 148 Å².